The number of hydrogen-bond acceptors (Lipinski definition) is 8. The number of halogens is 3. The van der Waals surface area contributed by atoms with Crippen molar-refractivity contribution in [2.75, 3.05) is 12.3 Å². The van der Waals surface area contributed by atoms with Gasteiger partial charge in [-0.2, -0.15) is 13.2 Å². The molecule has 5 atom stereocenters. The van der Waals surface area contributed by atoms with Gasteiger partial charge in [0.05, 0.1) is 24.4 Å². The van der Waals surface area contributed by atoms with Crippen LogP contribution >= 0.6 is 11.8 Å². The second-order valence-electron chi connectivity index (χ2n) is 11.4. The van der Waals surface area contributed by atoms with Gasteiger partial charge in [-0.15, -0.1) is 11.8 Å². The number of carboxylic acids is 1. The van der Waals surface area contributed by atoms with E-state index in [9.17, 15) is 37.8 Å². The van der Waals surface area contributed by atoms with E-state index < -0.39 is 42.4 Å². The Bertz CT molecular complexity index is 1570. The van der Waals surface area contributed by atoms with Gasteiger partial charge in [0, 0.05) is 36.5 Å². The summed E-state index contributed by atoms with van der Waals surface area (Å²) in [4.78, 5) is 41.0. The van der Waals surface area contributed by atoms with E-state index in [0.717, 1.165) is 11.1 Å². The number of carbonyl (C=O) groups is 3. The first-order valence-corrected chi connectivity index (χ1v) is 16.0. The maximum atomic E-state index is 13.0. The highest BCUT2D eigenvalue weighted by atomic mass is 32.2. The van der Waals surface area contributed by atoms with E-state index in [0.29, 0.717) is 33.2 Å². The molecule has 47 heavy (non-hydrogen) atoms. The number of aromatic nitrogens is 1. The molecule has 2 amide bonds. The molecule has 5 rings (SSSR count). The van der Waals surface area contributed by atoms with Crippen molar-refractivity contribution in [3.05, 3.63) is 94.7 Å². The number of rotatable bonds is 10. The lowest BCUT2D eigenvalue weighted by atomic mass is 9.91. The highest BCUT2D eigenvalue weighted by Crippen LogP contribution is 2.43. The summed E-state index contributed by atoms with van der Waals surface area (Å²) in [6.07, 6.45) is -4.62. The van der Waals surface area contributed by atoms with E-state index in [1.807, 2.05) is 31.2 Å². The Morgan fingerprint density at radius 3 is 2.36 bits per heavy atom. The van der Waals surface area contributed by atoms with E-state index >= 15 is 0 Å². The summed E-state index contributed by atoms with van der Waals surface area (Å²) in [5.41, 5.74) is 3.09. The lowest BCUT2D eigenvalue weighted by molar-refractivity contribution is -0.268. The molecule has 3 N–H and O–H groups in total. The number of aromatic carboxylic acids is 1. The smallest absolute Gasteiger partial charge is 0.471 e. The van der Waals surface area contributed by atoms with E-state index in [1.54, 1.807) is 30.3 Å². The fourth-order valence-electron chi connectivity index (χ4n) is 5.68. The molecule has 250 valence electrons. The molecule has 0 radical (unpaired) electrons. The Morgan fingerprint density at radius 2 is 1.70 bits per heavy atom. The van der Waals surface area contributed by atoms with Crippen molar-refractivity contribution in [3.8, 4) is 0 Å². The van der Waals surface area contributed by atoms with Gasteiger partial charge in [0.2, 0.25) is 5.91 Å². The second-order valence-corrected chi connectivity index (χ2v) is 12.4. The van der Waals surface area contributed by atoms with Crippen molar-refractivity contribution in [2.45, 2.75) is 68.7 Å². The number of ether oxygens (including phenoxy) is 2. The van der Waals surface area contributed by atoms with E-state index in [-0.39, 0.29) is 43.7 Å². The molecule has 0 unspecified atom stereocenters. The van der Waals surface area contributed by atoms with Crippen molar-refractivity contribution >= 4 is 29.5 Å². The van der Waals surface area contributed by atoms with Crippen LogP contribution in [0.5, 0.6) is 0 Å². The first kappa shape index (κ1) is 34.4. The van der Waals surface area contributed by atoms with Crippen LogP contribution in [0.25, 0.3) is 0 Å². The van der Waals surface area contributed by atoms with Gasteiger partial charge in [-0.3, -0.25) is 9.59 Å². The van der Waals surface area contributed by atoms with Gasteiger partial charge < -0.3 is 29.9 Å². The summed E-state index contributed by atoms with van der Waals surface area (Å²) in [6, 6.07) is 16.3. The van der Waals surface area contributed by atoms with Gasteiger partial charge in [0.1, 0.15) is 11.1 Å². The third-order valence-corrected chi connectivity index (χ3v) is 9.38. The molecule has 10 nitrogen and oxygen atoms in total. The minimum atomic E-state index is -5.04. The van der Waals surface area contributed by atoms with Crippen molar-refractivity contribution in [3.63, 3.8) is 0 Å². The lowest BCUT2D eigenvalue weighted by Gasteiger charge is -2.41. The van der Waals surface area contributed by atoms with Crippen LogP contribution in [0, 0.1) is 5.92 Å². The number of amides is 2. The molecule has 3 aromatic rings. The van der Waals surface area contributed by atoms with Gasteiger partial charge in [-0.1, -0.05) is 55.5 Å². The number of alkyl halides is 3. The molecular formula is C33H34F3N3O7S. The number of nitrogens with zero attached hydrogens (tertiary/aromatic N) is 2. The van der Waals surface area contributed by atoms with Gasteiger partial charge in [0.15, 0.2) is 6.29 Å². The average molecular weight is 674 g/mol. The second kappa shape index (κ2) is 14.8. The Hall–Kier alpha value is -3.98. The SMILES string of the molecule is C[C@H]1[C@@H](CSc2ncccc2C(=O)O)O[C@@H](c2ccc(CNC(=O)[C@@H]3CCCN3C(=O)C(F)(F)F)cc2)O[C@H]1c1ccc(CO)cc1. The number of pyridine rings is 1. The van der Waals surface area contributed by atoms with Crippen LogP contribution in [0.15, 0.2) is 71.9 Å². The fourth-order valence-corrected chi connectivity index (χ4v) is 6.83. The predicted octanol–water partition coefficient (Wildman–Crippen LogP) is 5.03. The number of carboxylic acid groups (broad SMARTS) is 1. The van der Waals surface area contributed by atoms with Gasteiger partial charge in [-0.25, -0.2) is 9.78 Å². The van der Waals surface area contributed by atoms with Crippen LogP contribution in [0.3, 0.4) is 0 Å². The number of likely N-dealkylation sites (tertiary alicyclic amines) is 1. The minimum Gasteiger partial charge on any atom is -0.478 e. The number of carbonyl (C=O) groups excluding carboxylic acids is 2. The molecule has 0 spiro atoms. The van der Waals surface area contributed by atoms with Crippen molar-refractivity contribution in [1.29, 1.82) is 0 Å². The molecule has 14 heteroatoms. The molecule has 0 bridgehead atoms. The number of thioether (sulfide) groups is 1. The van der Waals surface area contributed by atoms with Crippen LogP contribution in [0.2, 0.25) is 0 Å². The lowest BCUT2D eigenvalue weighted by Crippen LogP contribution is -2.50. The van der Waals surface area contributed by atoms with Crippen LogP contribution in [0.4, 0.5) is 13.2 Å². The number of hydrogen-bond donors (Lipinski definition) is 3. The molecule has 2 aliphatic rings. The average Bonchev–Trinajstić information content (AvgIpc) is 3.56. The van der Waals surface area contributed by atoms with Crippen molar-refractivity contribution in [2.24, 2.45) is 5.92 Å². The standard InChI is InChI=1S/C33H34F3N3O7S/c1-19-26(18-47-29-24(30(42)43)4-2-14-37-29)45-31(46-27(19)22-10-8-21(17-40)9-11-22)23-12-6-20(7-13-23)16-38-28(41)25-5-3-15-39(25)32(44)33(34,35)36/h2,4,6-14,19,25-27,31,40H,3,5,15-18H2,1H3,(H,38,41)(H,42,43)/t19-,25-,26+,27+,31+/m0/s1. The summed E-state index contributed by atoms with van der Waals surface area (Å²) in [6.45, 7) is 1.81. The van der Waals surface area contributed by atoms with E-state index in [2.05, 4.69) is 10.3 Å². The first-order valence-electron chi connectivity index (χ1n) is 15.0. The molecular weight excluding hydrogens is 639 g/mol. The molecule has 2 saturated heterocycles. The molecule has 1 aromatic heterocycles. The first-order chi connectivity index (χ1) is 22.5. The molecule has 2 aliphatic heterocycles. The molecule has 0 aliphatic carbocycles. The Labute approximate surface area is 273 Å². The highest BCUT2D eigenvalue weighted by Gasteiger charge is 2.47. The summed E-state index contributed by atoms with van der Waals surface area (Å²) in [7, 11) is 0. The third-order valence-electron chi connectivity index (χ3n) is 8.29. The number of aliphatic hydroxyl groups excluding tert-OH is 1. The topological polar surface area (TPSA) is 138 Å². The highest BCUT2D eigenvalue weighted by molar-refractivity contribution is 7.99. The molecule has 2 fully saturated rings. The van der Waals surface area contributed by atoms with Gasteiger partial charge in [-0.05, 0) is 41.7 Å². The van der Waals surface area contributed by atoms with Crippen LogP contribution < -0.4 is 5.32 Å². The zero-order chi connectivity index (χ0) is 33.7. The zero-order valence-corrected chi connectivity index (χ0v) is 26.2. The Balaban J connectivity index is 1.29. The summed E-state index contributed by atoms with van der Waals surface area (Å²) in [5, 5.41) is 22.1. The maximum Gasteiger partial charge on any atom is 0.471 e. The quantitative estimate of drug-likeness (QED) is 0.253. The minimum absolute atomic E-state index is 0.0438. The normalized spacial score (nSPS) is 23.0. The van der Waals surface area contributed by atoms with Gasteiger partial charge in [0.25, 0.3) is 0 Å². The third kappa shape index (κ3) is 8.12. The number of aliphatic hydroxyl groups is 1. The van der Waals surface area contributed by atoms with E-state index in [1.165, 1.54) is 24.0 Å². The summed E-state index contributed by atoms with van der Waals surface area (Å²) < 4.78 is 51.8. The van der Waals surface area contributed by atoms with Gasteiger partial charge >= 0.3 is 18.1 Å². The number of nitrogens with one attached hydrogen (secondary N) is 1. The van der Waals surface area contributed by atoms with Crippen molar-refractivity contribution < 1.29 is 47.2 Å². The maximum absolute atomic E-state index is 13.0. The Kier molecular flexibility index (Phi) is 10.8. The van der Waals surface area contributed by atoms with Crippen LogP contribution in [-0.4, -0.2) is 68.5 Å². The molecule has 2 aromatic carbocycles. The predicted molar refractivity (Wildman–Crippen MR) is 164 cm³/mol. The fraction of sp³-hybridized carbons (Fsp3) is 0.394. The Morgan fingerprint density at radius 1 is 1.02 bits per heavy atom. The summed E-state index contributed by atoms with van der Waals surface area (Å²) in [5.74, 6) is -3.49. The molecule has 3 heterocycles. The van der Waals surface area contributed by atoms with Crippen LogP contribution in [0.1, 0.15) is 64.8 Å². The van der Waals surface area contributed by atoms with E-state index in [4.69, 9.17) is 9.47 Å². The monoisotopic (exact) mass is 673 g/mol. The largest absolute Gasteiger partial charge is 0.478 e. The zero-order valence-electron chi connectivity index (χ0n) is 25.4. The number of benzene rings is 2. The summed E-state index contributed by atoms with van der Waals surface area (Å²) >= 11 is 1.28. The van der Waals surface area contributed by atoms with Crippen molar-refractivity contribution in [1.82, 2.24) is 15.2 Å². The molecule has 0 saturated carbocycles. The van der Waals surface area contributed by atoms with Crippen LogP contribution in [-0.2, 0) is 32.2 Å².